The summed E-state index contributed by atoms with van der Waals surface area (Å²) in [6.45, 7) is 3.64. The van der Waals surface area contributed by atoms with Crippen molar-refractivity contribution in [2.45, 2.75) is 13.8 Å². The lowest BCUT2D eigenvalue weighted by atomic mass is 10.2. The van der Waals surface area contributed by atoms with Crippen molar-refractivity contribution in [1.29, 1.82) is 0 Å². The van der Waals surface area contributed by atoms with Crippen LogP contribution in [-0.4, -0.2) is 17.0 Å². The van der Waals surface area contributed by atoms with Crippen molar-refractivity contribution >= 4 is 5.95 Å². The van der Waals surface area contributed by atoms with Gasteiger partial charge in [0.15, 0.2) is 0 Å². The predicted octanol–water partition coefficient (Wildman–Crippen LogP) is 3.07. The maximum Gasteiger partial charge on any atom is 0.225 e. The first-order valence-corrected chi connectivity index (χ1v) is 5.56. The Morgan fingerprint density at radius 3 is 2.61 bits per heavy atom. The molecular weight excluding hydrogens is 233 g/mol. The summed E-state index contributed by atoms with van der Waals surface area (Å²) in [6.07, 6.45) is 0. The number of benzene rings is 1. The van der Waals surface area contributed by atoms with Gasteiger partial charge in [-0.2, -0.15) is 4.98 Å². The molecule has 1 aromatic heterocycles. The van der Waals surface area contributed by atoms with Gasteiger partial charge in [-0.1, -0.05) is 0 Å². The molecule has 4 nitrogen and oxygen atoms in total. The van der Waals surface area contributed by atoms with Crippen LogP contribution in [0.2, 0.25) is 0 Å². The van der Waals surface area contributed by atoms with Gasteiger partial charge in [-0.15, -0.1) is 0 Å². The van der Waals surface area contributed by atoms with Crippen LogP contribution in [0.1, 0.15) is 11.3 Å². The quantitative estimate of drug-likeness (QED) is 0.905. The molecule has 0 fully saturated rings. The predicted molar refractivity (Wildman–Crippen MR) is 67.5 cm³/mol. The summed E-state index contributed by atoms with van der Waals surface area (Å²) in [5, 5.41) is 2.86. The van der Waals surface area contributed by atoms with Crippen LogP contribution in [0.4, 0.5) is 10.3 Å². The van der Waals surface area contributed by atoms with Crippen molar-refractivity contribution in [1.82, 2.24) is 9.97 Å². The average molecular weight is 247 g/mol. The van der Waals surface area contributed by atoms with E-state index >= 15 is 0 Å². The smallest absolute Gasteiger partial charge is 0.225 e. The first-order chi connectivity index (χ1) is 8.58. The fraction of sp³-hybridized carbons (Fsp3) is 0.231. The maximum atomic E-state index is 13.0. The molecule has 0 atom stereocenters. The molecule has 1 N–H and O–H groups in total. The summed E-state index contributed by atoms with van der Waals surface area (Å²) in [5.41, 5.74) is 1.52. The van der Waals surface area contributed by atoms with Crippen LogP contribution < -0.4 is 10.1 Å². The van der Waals surface area contributed by atoms with Gasteiger partial charge in [-0.3, -0.25) is 0 Å². The summed E-state index contributed by atoms with van der Waals surface area (Å²) in [4.78, 5) is 8.34. The average Bonchev–Trinajstić information content (AvgIpc) is 2.32. The Morgan fingerprint density at radius 2 is 1.94 bits per heavy atom. The number of nitrogens with one attached hydrogen (secondary N) is 1. The van der Waals surface area contributed by atoms with Gasteiger partial charge in [0, 0.05) is 18.8 Å². The van der Waals surface area contributed by atoms with Crippen molar-refractivity contribution in [2.24, 2.45) is 0 Å². The van der Waals surface area contributed by atoms with Crippen LogP contribution in [0, 0.1) is 19.7 Å². The summed E-state index contributed by atoms with van der Waals surface area (Å²) >= 11 is 0. The van der Waals surface area contributed by atoms with Gasteiger partial charge in [0.1, 0.15) is 11.6 Å². The van der Waals surface area contributed by atoms with E-state index in [1.165, 1.54) is 12.1 Å². The lowest BCUT2D eigenvalue weighted by molar-refractivity contribution is 0.456. The van der Waals surface area contributed by atoms with Gasteiger partial charge in [0.2, 0.25) is 11.8 Å². The summed E-state index contributed by atoms with van der Waals surface area (Å²) in [6, 6.07) is 6.09. The van der Waals surface area contributed by atoms with Crippen LogP contribution >= 0.6 is 0 Å². The molecule has 1 heterocycles. The minimum atomic E-state index is -0.283. The van der Waals surface area contributed by atoms with E-state index in [-0.39, 0.29) is 5.82 Å². The lowest BCUT2D eigenvalue weighted by Crippen LogP contribution is -2.00. The number of hydrogen-bond acceptors (Lipinski definition) is 4. The Bertz CT molecular complexity index is 572. The second-order valence-electron chi connectivity index (χ2n) is 3.93. The van der Waals surface area contributed by atoms with Gasteiger partial charge >= 0.3 is 0 Å². The highest BCUT2D eigenvalue weighted by Crippen LogP contribution is 2.25. The van der Waals surface area contributed by atoms with E-state index in [0.29, 0.717) is 17.6 Å². The van der Waals surface area contributed by atoms with E-state index in [9.17, 15) is 4.39 Å². The van der Waals surface area contributed by atoms with Crippen LogP contribution in [0.5, 0.6) is 11.6 Å². The Hall–Kier alpha value is -2.17. The number of nitrogens with zero attached hydrogens (tertiary/aromatic N) is 2. The molecule has 0 bridgehead atoms. The van der Waals surface area contributed by atoms with Crippen molar-refractivity contribution in [3.63, 3.8) is 0 Å². The number of ether oxygens (including phenoxy) is 1. The molecule has 5 heteroatoms. The van der Waals surface area contributed by atoms with E-state index < -0.39 is 0 Å². The van der Waals surface area contributed by atoms with Crippen molar-refractivity contribution < 1.29 is 9.13 Å². The number of anilines is 1. The molecule has 0 aliphatic carbocycles. The molecule has 0 aliphatic heterocycles. The van der Waals surface area contributed by atoms with Crippen LogP contribution in [0.25, 0.3) is 0 Å². The Morgan fingerprint density at radius 1 is 1.17 bits per heavy atom. The fourth-order valence-electron chi connectivity index (χ4n) is 1.54. The molecule has 2 aromatic rings. The maximum absolute atomic E-state index is 13.0. The fourth-order valence-corrected chi connectivity index (χ4v) is 1.54. The molecule has 18 heavy (non-hydrogen) atoms. The molecule has 0 radical (unpaired) electrons. The zero-order valence-electron chi connectivity index (χ0n) is 10.5. The zero-order chi connectivity index (χ0) is 13.1. The largest absolute Gasteiger partial charge is 0.439 e. The molecule has 0 aliphatic rings. The number of halogens is 1. The molecule has 1 aromatic carbocycles. The van der Waals surface area contributed by atoms with Gasteiger partial charge in [-0.05, 0) is 37.6 Å². The SMILES string of the molecule is CNc1nc(C)cc(Oc2ccc(F)cc2C)n1. The number of aromatic nitrogens is 2. The van der Waals surface area contributed by atoms with E-state index in [4.69, 9.17) is 4.74 Å². The van der Waals surface area contributed by atoms with Crippen LogP contribution in [0.15, 0.2) is 24.3 Å². The summed E-state index contributed by atoms with van der Waals surface area (Å²) < 4.78 is 18.6. The molecule has 0 spiro atoms. The Labute approximate surface area is 105 Å². The highest BCUT2D eigenvalue weighted by atomic mass is 19.1. The van der Waals surface area contributed by atoms with Crippen molar-refractivity contribution in [3.05, 3.63) is 41.3 Å². The molecule has 0 unspecified atom stereocenters. The zero-order valence-corrected chi connectivity index (χ0v) is 10.5. The standard InChI is InChI=1S/C13H14FN3O/c1-8-6-10(14)4-5-11(8)18-12-7-9(2)16-13(15-3)17-12/h4-7H,1-3H3,(H,15,16,17). The van der Waals surface area contributed by atoms with Gasteiger partial charge in [-0.25, -0.2) is 9.37 Å². The Balaban J connectivity index is 2.30. The van der Waals surface area contributed by atoms with Gasteiger partial charge in [0.05, 0.1) is 0 Å². The summed E-state index contributed by atoms with van der Waals surface area (Å²) in [5.74, 6) is 1.22. The summed E-state index contributed by atoms with van der Waals surface area (Å²) in [7, 11) is 1.74. The Kier molecular flexibility index (Phi) is 3.41. The van der Waals surface area contributed by atoms with E-state index in [0.717, 1.165) is 11.3 Å². The third kappa shape index (κ3) is 2.74. The van der Waals surface area contributed by atoms with Crippen molar-refractivity contribution in [3.8, 4) is 11.6 Å². The third-order valence-electron chi connectivity index (χ3n) is 2.41. The highest BCUT2D eigenvalue weighted by Gasteiger charge is 2.06. The van der Waals surface area contributed by atoms with Gasteiger partial charge in [0.25, 0.3) is 0 Å². The first-order valence-electron chi connectivity index (χ1n) is 5.56. The molecule has 94 valence electrons. The molecule has 0 amide bonds. The lowest BCUT2D eigenvalue weighted by Gasteiger charge is -2.09. The molecule has 0 saturated heterocycles. The monoisotopic (exact) mass is 247 g/mol. The number of aryl methyl sites for hydroxylation is 2. The van der Waals surface area contributed by atoms with Crippen LogP contribution in [0.3, 0.4) is 0 Å². The van der Waals surface area contributed by atoms with E-state index in [1.807, 2.05) is 6.92 Å². The topological polar surface area (TPSA) is 47.0 Å². The van der Waals surface area contributed by atoms with Gasteiger partial charge < -0.3 is 10.1 Å². The highest BCUT2D eigenvalue weighted by molar-refractivity contribution is 5.37. The first kappa shape index (κ1) is 12.3. The second kappa shape index (κ2) is 5.00. The third-order valence-corrected chi connectivity index (χ3v) is 2.41. The minimum Gasteiger partial charge on any atom is -0.439 e. The molecule has 0 saturated carbocycles. The normalized spacial score (nSPS) is 10.2. The van der Waals surface area contributed by atoms with Crippen molar-refractivity contribution in [2.75, 3.05) is 12.4 Å². The minimum absolute atomic E-state index is 0.283. The molecular formula is C13H14FN3O. The number of hydrogen-bond donors (Lipinski definition) is 1. The second-order valence-corrected chi connectivity index (χ2v) is 3.93. The van der Waals surface area contributed by atoms with Crippen LogP contribution in [-0.2, 0) is 0 Å². The van der Waals surface area contributed by atoms with E-state index in [2.05, 4.69) is 15.3 Å². The molecule has 2 rings (SSSR count). The number of rotatable bonds is 3. The van der Waals surface area contributed by atoms with E-state index in [1.54, 1.807) is 26.1 Å².